The van der Waals surface area contributed by atoms with Gasteiger partial charge in [0, 0.05) is 19.2 Å². The molecule has 0 fully saturated rings. The van der Waals surface area contributed by atoms with E-state index in [9.17, 15) is 14.0 Å². The second-order valence-electron chi connectivity index (χ2n) is 6.36. The molecule has 0 aromatic heterocycles. The Labute approximate surface area is 162 Å². The van der Waals surface area contributed by atoms with Gasteiger partial charge >= 0.3 is 5.97 Å². The Kier molecular flexibility index (Phi) is 5.91. The normalized spacial score (nSPS) is 14.7. The maximum Gasteiger partial charge on any atom is 0.331 e. The van der Waals surface area contributed by atoms with Crippen LogP contribution in [-0.4, -0.2) is 29.4 Å². The SMILES string of the molecule is C[C@@H](OC(=O)/C=C/c1ccc(F)c(Cl)c1)C(=O)N1CCc2ccccc2C1. The van der Waals surface area contributed by atoms with Crippen molar-refractivity contribution in [1.29, 1.82) is 0 Å². The third-order valence-electron chi connectivity index (χ3n) is 4.44. The molecule has 2 aromatic carbocycles. The lowest BCUT2D eigenvalue weighted by Crippen LogP contribution is -2.42. The van der Waals surface area contributed by atoms with E-state index >= 15 is 0 Å². The van der Waals surface area contributed by atoms with Gasteiger partial charge in [-0.2, -0.15) is 0 Å². The number of carbonyl (C=O) groups is 2. The molecule has 0 aliphatic carbocycles. The molecule has 0 saturated carbocycles. The van der Waals surface area contributed by atoms with Crippen LogP contribution in [0.15, 0.2) is 48.5 Å². The summed E-state index contributed by atoms with van der Waals surface area (Å²) in [5, 5.41) is -0.0283. The second kappa shape index (κ2) is 8.35. The molecule has 1 heterocycles. The first-order valence-corrected chi connectivity index (χ1v) is 9.01. The van der Waals surface area contributed by atoms with Crippen LogP contribution in [0.3, 0.4) is 0 Å². The highest BCUT2D eigenvalue weighted by molar-refractivity contribution is 6.30. The fraction of sp³-hybridized carbons (Fsp3) is 0.238. The molecule has 4 nitrogen and oxygen atoms in total. The van der Waals surface area contributed by atoms with Crippen LogP contribution in [0.2, 0.25) is 5.02 Å². The first-order chi connectivity index (χ1) is 12.9. The number of rotatable bonds is 4. The standard InChI is InChI=1S/C21H19ClFNO3/c1-14(21(26)24-11-10-16-4-2-3-5-17(16)13-24)27-20(25)9-7-15-6-8-19(23)18(22)12-15/h2-9,12,14H,10-11,13H2,1H3/b9-7+/t14-/m1/s1. The molecule has 3 rings (SSSR count). The van der Waals surface area contributed by atoms with Crippen molar-refractivity contribution in [2.75, 3.05) is 6.54 Å². The molecule has 1 aliphatic heterocycles. The van der Waals surface area contributed by atoms with Gasteiger partial charge in [-0.3, -0.25) is 4.79 Å². The Balaban J connectivity index is 1.57. The highest BCUT2D eigenvalue weighted by Crippen LogP contribution is 2.20. The minimum Gasteiger partial charge on any atom is -0.449 e. The van der Waals surface area contributed by atoms with Crippen molar-refractivity contribution in [3.05, 3.63) is 76.1 Å². The number of hydrogen-bond acceptors (Lipinski definition) is 3. The highest BCUT2D eigenvalue weighted by Gasteiger charge is 2.26. The molecule has 0 radical (unpaired) electrons. The molecule has 0 spiro atoms. The molecule has 2 aromatic rings. The zero-order chi connectivity index (χ0) is 19.4. The van der Waals surface area contributed by atoms with Crippen molar-refractivity contribution in [1.82, 2.24) is 4.90 Å². The second-order valence-corrected chi connectivity index (χ2v) is 6.77. The number of hydrogen-bond donors (Lipinski definition) is 0. The van der Waals surface area contributed by atoms with Crippen molar-refractivity contribution >= 4 is 29.6 Å². The lowest BCUT2D eigenvalue weighted by Gasteiger charge is -2.30. The monoisotopic (exact) mass is 387 g/mol. The fourth-order valence-corrected chi connectivity index (χ4v) is 3.17. The molecule has 0 saturated heterocycles. The molecule has 140 valence electrons. The molecule has 0 unspecified atom stereocenters. The lowest BCUT2D eigenvalue weighted by molar-refractivity contribution is -0.155. The van der Waals surface area contributed by atoms with Crippen LogP contribution in [-0.2, 0) is 27.3 Å². The minimum absolute atomic E-state index is 0.0283. The average Bonchev–Trinajstić information content (AvgIpc) is 2.67. The van der Waals surface area contributed by atoms with Gasteiger partial charge in [0.15, 0.2) is 6.10 Å². The summed E-state index contributed by atoms with van der Waals surface area (Å²) in [6.07, 6.45) is 2.55. The molecule has 6 heteroatoms. The van der Waals surface area contributed by atoms with Gasteiger partial charge in [0.25, 0.3) is 5.91 Å². The van der Waals surface area contributed by atoms with Gasteiger partial charge in [0.2, 0.25) is 0 Å². The predicted octanol–water partition coefficient (Wildman–Crippen LogP) is 4.01. The summed E-state index contributed by atoms with van der Waals surface area (Å²) >= 11 is 5.70. The van der Waals surface area contributed by atoms with Crippen LogP contribution >= 0.6 is 11.6 Å². The summed E-state index contributed by atoms with van der Waals surface area (Å²) in [5.74, 6) is -1.40. The molecule has 1 atom stereocenters. The van der Waals surface area contributed by atoms with E-state index < -0.39 is 17.9 Å². The minimum atomic E-state index is -0.885. The zero-order valence-corrected chi connectivity index (χ0v) is 15.6. The summed E-state index contributed by atoms with van der Waals surface area (Å²) in [6.45, 7) is 2.67. The van der Waals surface area contributed by atoms with Crippen molar-refractivity contribution in [2.45, 2.75) is 26.0 Å². The fourth-order valence-electron chi connectivity index (χ4n) is 2.99. The highest BCUT2D eigenvalue weighted by atomic mass is 35.5. The van der Waals surface area contributed by atoms with Gasteiger partial charge in [-0.25, -0.2) is 9.18 Å². The predicted molar refractivity (Wildman–Crippen MR) is 102 cm³/mol. The topological polar surface area (TPSA) is 46.6 Å². The molecule has 0 N–H and O–H groups in total. The van der Waals surface area contributed by atoms with E-state index in [1.165, 1.54) is 35.9 Å². The van der Waals surface area contributed by atoms with Crippen LogP contribution in [0.5, 0.6) is 0 Å². The van der Waals surface area contributed by atoms with Gasteiger partial charge in [0.1, 0.15) is 5.82 Å². The van der Waals surface area contributed by atoms with Gasteiger partial charge in [0.05, 0.1) is 5.02 Å². The molecule has 27 heavy (non-hydrogen) atoms. The van der Waals surface area contributed by atoms with Crippen molar-refractivity contribution in [2.24, 2.45) is 0 Å². The van der Waals surface area contributed by atoms with E-state index in [0.29, 0.717) is 18.7 Å². The largest absolute Gasteiger partial charge is 0.449 e. The van der Waals surface area contributed by atoms with Crippen molar-refractivity contribution < 1.29 is 18.7 Å². The number of ether oxygens (including phenoxy) is 1. The molecule has 1 amide bonds. The number of halogens is 2. The summed E-state index contributed by atoms with van der Waals surface area (Å²) in [5.41, 5.74) is 2.92. The van der Waals surface area contributed by atoms with Crippen molar-refractivity contribution in [3.8, 4) is 0 Å². The van der Waals surface area contributed by atoms with E-state index in [0.717, 1.165) is 12.0 Å². The Morgan fingerprint density at radius 3 is 2.70 bits per heavy atom. The van der Waals surface area contributed by atoms with Crippen LogP contribution in [0.4, 0.5) is 4.39 Å². The summed E-state index contributed by atoms with van der Waals surface area (Å²) in [4.78, 5) is 26.2. The molecule has 1 aliphatic rings. The Morgan fingerprint density at radius 2 is 1.96 bits per heavy atom. The number of esters is 1. The number of benzene rings is 2. The average molecular weight is 388 g/mol. The maximum absolute atomic E-state index is 13.1. The maximum atomic E-state index is 13.1. The number of amides is 1. The van der Waals surface area contributed by atoms with Gasteiger partial charge < -0.3 is 9.64 Å². The zero-order valence-electron chi connectivity index (χ0n) is 14.8. The number of nitrogens with zero attached hydrogens (tertiary/aromatic N) is 1. The van der Waals surface area contributed by atoms with E-state index in [-0.39, 0.29) is 10.9 Å². The van der Waals surface area contributed by atoms with E-state index in [1.54, 1.807) is 11.8 Å². The Hall–Kier alpha value is -2.66. The van der Waals surface area contributed by atoms with Gasteiger partial charge in [-0.05, 0) is 48.2 Å². The number of fused-ring (bicyclic) bond motifs is 1. The summed E-state index contributed by atoms with van der Waals surface area (Å²) in [6, 6.07) is 12.1. The van der Waals surface area contributed by atoms with E-state index in [1.807, 2.05) is 18.2 Å². The molecular formula is C21H19ClFNO3. The van der Waals surface area contributed by atoms with Crippen LogP contribution in [0.25, 0.3) is 6.08 Å². The van der Waals surface area contributed by atoms with E-state index in [4.69, 9.17) is 16.3 Å². The molecular weight excluding hydrogens is 369 g/mol. The first kappa shape index (κ1) is 19.1. The third kappa shape index (κ3) is 4.74. The smallest absolute Gasteiger partial charge is 0.331 e. The quantitative estimate of drug-likeness (QED) is 0.588. The molecule has 0 bridgehead atoms. The van der Waals surface area contributed by atoms with Gasteiger partial charge in [-0.1, -0.05) is 41.9 Å². The first-order valence-electron chi connectivity index (χ1n) is 8.63. The number of carbonyl (C=O) groups excluding carboxylic acids is 2. The van der Waals surface area contributed by atoms with E-state index in [2.05, 4.69) is 6.07 Å². The van der Waals surface area contributed by atoms with Crippen LogP contribution < -0.4 is 0 Å². The summed E-state index contributed by atoms with van der Waals surface area (Å²) < 4.78 is 18.3. The van der Waals surface area contributed by atoms with Gasteiger partial charge in [-0.15, -0.1) is 0 Å². The van der Waals surface area contributed by atoms with Crippen molar-refractivity contribution in [3.63, 3.8) is 0 Å². The third-order valence-corrected chi connectivity index (χ3v) is 4.73. The summed E-state index contributed by atoms with van der Waals surface area (Å²) in [7, 11) is 0. The Morgan fingerprint density at radius 1 is 1.22 bits per heavy atom. The van der Waals surface area contributed by atoms with Crippen LogP contribution in [0, 0.1) is 5.82 Å². The lowest BCUT2D eigenvalue weighted by atomic mass is 9.99. The van der Waals surface area contributed by atoms with Crippen LogP contribution in [0.1, 0.15) is 23.6 Å². The Bertz CT molecular complexity index is 897.